The monoisotopic (exact) mass is 383 g/mol. The number of rotatable bonds is 4. The van der Waals surface area contributed by atoms with Crippen LogP contribution in [0.1, 0.15) is 12.0 Å². The van der Waals surface area contributed by atoms with E-state index >= 15 is 0 Å². The second-order valence-electron chi connectivity index (χ2n) is 7.46. The van der Waals surface area contributed by atoms with Crippen molar-refractivity contribution in [2.75, 3.05) is 29.9 Å². The largest absolute Gasteiger partial charge is 0.371 e. The van der Waals surface area contributed by atoms with Crippen molar-refractivity contribution in [1.82, 2.24) is 14.8 Å². The Labute approximate surface area is 160 Å². The molecule has 8 heteroatoms. The van der Waals surface area contributed by atoms with Gasteiger partial charge in [0, 0.05) is 37.0 Å². The summed E-state index contributed by atoms with van der Waals surface area (Å²) in [7, 11) is 0. The minimum Gasteiger partial charge on any atom is -0.371 e. The smallest absolute Gasteiger partial charge is 0.246 e. The van der Waals surface area contributed by atoms with Gasteiger partial charge in [0.25, 0.3) is 0 Å². The van der Waals surface area contributed by atoms with Crippen LogP contribution in [-0.4, -0.2) is 40.1 Å². The highest BCUT2D eigenvalue weighted by atomic mass is 19.1. The van der Waals surface area contributed by atoms with Crippen LogP contribution in [0.5, 0.6) is 0 Å². The number of benzene rings is 2. The molecule has 0 amide bonds. The van der Waals surface area contributed by atoms with Gasteiger partial charge in [-0.05, 0) is 42.8 Å². The summed E-state index contributed by atoms with van der Waals surface area (Å²) < 4.78 is 33.9. The zero-order valence-electron chi connectivity index (χ0n) is 15.3. The number of aromatic nitrogens is 3. The Bertz CT molecular complexity index is 1020. The Morgan fingerprint density at radius 2 is 1.79 bits per heavy atom. The van der Waals surface area contributed by atoms with E-state index in [2.05, 4.69) is 26.4 Å². The first-order valence-electron chi connectivity index (χ1n) is 9.14. The molecule has 2 saturated heterocycles. The SMILES string of the molecule is Cc1cc(Nc2ncn(-c3cc(F)cc(F)c3)n2)cc(N2CC3(CCO3)C2)c1. The number of hydrogen-bond acceptors (Lipinski definition) is 5. The number of ether oxygens (including phenoxy) is 1. The van der Waals surface area contributed by atoms with Gasteiger partial charge in [0.2, 0.25) is 5.95 Å². The van der Waals surface area contributed by atoms with Gasteiger partial charge in [-0.3, -0.25) is 0 Å². The summed E-state index contributed by atoms with van der Waals surface area (Å²) in [5, 5.41) is 7.44. The van der Waals surface area contributed by atoms with Crippen LogP contribution in [0.2, 0.25) is 0 Å². The molecule has 0 aliphatic carbocycles. The maximum absolute atomic E-state index is 13.4. The maximum atomic E-state index is 13.4. The fourth-order valence-corrected chi connectivity index (χ4v) is 3.74. The van der Waals surface area contributed by atoms with Crippen LogP contribution in [0.4, 0.5) is 26.1 Å². The summed E-state index contributed by atoms with van der Waals surface area (Å²) in [4.78, 5) is 6.48. The Kier molecular flexibility index (Phi) is 3.83. The van der Waals surface area contributed by atoms with Gasteiger partial charge < -0.3 is 15.0 Å². The predicted octanol–water partition coefficient (Wildman–Crippen LogP) is 3.58. The average molecular weight is 383 g/mol. The first kappa shape index (κ1) is 17.1. The van der Waals surface area contributed by atoms with E-state index in [9.17, 15) is 8.78 Å². The van der Waals surface area contributed by atoms with Crippen LogP contribution in [0.15, 0.2) is 42.7 Å². The number of aryl methyl sites for hydroxylation is 1. The van der Waals surface area contributed by atoms with Crippen molar-refractivity contribution < 1.29 is 13.5 Å². The normalized spacial score (nSPS) is 17.3. The van der Waals surface area contributed by atoms with Gasteiger partial charge in [-0.25, -0.2) is 13.5 Å². The highest BCUT2D eigenvalue weighted by Crippen LogP contribution is 2.39. The highest BCUT2D eigenvalue weighted by Gasteiger charge is 2.49. The lowest BCUT2D eigenvalue weighted by atomic mass is 9.85. The number of anilines is 3. The van der Waals surface area contributed by atoms with Crippen LogP contribution in [0, 0.1) is 18.6 Å². The van der Waals surface area contributed by atoms with Crippen LogP contribution in [0.25, 0.3) is 5.69 Å². The summed E-state index contributed by atoms with van der Waals surface area (Å²) in [6.07, 6.45) is 2.54. The molecule has 1 N–H and O–H groups in total. The molecule has 0 saturated carbocycles. The molecule has 0 bridgehead atoms. The van der Waals surface area contributed by atoms with Crippen molar-refractivity contribution in [2.45, 2.75) is 18.9 Å². The molecule has 0 radical (unpaired) electrons. The maximum Gasteiger partial charge on any atom is 0.246 e. The van der Waals surface area contributed by atoms with E-state index < -0.39 is 11.6 Å². The molecule has 0 unspecified atom stereocenters. The second-order valence-corrected chi connectivity index (χ2v) is 7.46. The second kappa shape index (κ2) is 6.27. The van der Waals surface area contributed by atoms with Gasteiger partial charge >= 0.3 is 0 Å². The Morgan fingerprint density at radius 1 is 1.04 bits per heavy atom. The van der Waals surface area contributed by atoms with Gasteiger partial charge in [0.05, 0.1) is 12.3 Å². The number of nitrogens with zero attached hydrogens (tertiary/aromatic N) is 4. The van der Waals surface area contributed by atoms with E-state index in [-0.39, 0.29) is 11.3 Å². The van der Waals surface area contributed by atoms with Crippen molar-refractivity contribution in [2.24, 2.45) is 0 Å². The Hall–Kier alpha value is -3.00. The van der Waals surface area contributed by atoms with Gasteiger partial charge in [0.1, 0.15) is 23.6 Å². The molecule has 1 spiro atoms. The van der Waals surface area contributed by atoms with Crippen molar-refractivity contribution in [3.05, 3.63) is 59.9 Å². The van der Waals surface area contributed by atoms with E-state index in [0.717, 1.165) is 49.1 Å². The van der Waals surface area contributed by atoms with Crippen LogP contribution < -0.4 is 10.2 Å². The summed E-state index contributed by atoms with van der Waals surface area (Å²) in [5.74, 6) is -0.971. The van der Waals surface area contributed by atoms with Gasteiger partial charge in [-0.2, -0.15) is 4.98 Å². The lowest BCUT2D eigenvalue weighted by Crippen LogP contribution is -2.68. The molecule has 2 aromatic carbocycles. The van der Waals surface area contributed by atoms with Crippen LogP contribution in [0.3, 0.4) is 0 Å². The zero-order valence-corrected chi connectivity index (χ0v) is 15.3. The highest BCUT2D eigenvalue weighted by molar-refractivity contribution is 5.65. The van der Waals surface area contributed by atoms with Crippen LogP contribution in [-0.2, 0) is 4.74 Å². The molecule has 144 valence electrons. The minimum atomic E-state index is -0.661. The Balaban J connectivity index is 1.34. The molecule has 0 atom stereocenters. The van der Waals surface area contributed by atoms with Crippen molar-refractivity contribution in [3.8, 4) is 5.69 Å². The van der Waals surface area contributed by atoms with E-state index in [0.29, 0.717) is 5.95 Å². The topological polar surface area (TPSA) is 55.2 Å². The van der Waals surface area contributed by atoms with Gasteiger partial charge in [-0.15, -0.1) is 5.10 Å². The lowest BCUT2D eigenvalue weighted by molar-refractivity contribution is -0.160. The number of nitrogens with one attached hydrogen (secondary N) is 1. The summed E-state index contributed by atoms with van der Waals surface area (Å²) in [6.45, 7) is 4.71. The summed E-state index contributed by atoms with van der Waals surface area (Å²) in [6, 6.07) is 9.41. The van der Waals surface area contributed by atoms with E-state index in [1.165, 1.54) is 23.1 Å². The third kappa shape index (κ3) is 3.09. The van der Waals surface area contributed by atoms with Crippen LogP contribution >= 0.6 is 0 Å². The van der Waals surface area contributed by atoms with Gasteiger partial charge in [0.15, 0.2) is 0 Å². The Morgan fingerprint density at radius 3 is 2.46 bits per heavy atom. The minimum absolute atomic E-state index is 0.0674. The molecule has 28 heavy (non-hydrogen) atoms. The molecule has 6 nitrogen and oxygen atoms in total. The number of hydrogen-bond donors (Lipinski definition) is 1. The molecular weight excluding hydrogens is 364 g/mol. The van der Waals surface area contributed by atoms with E-state index in [1.807, 2.05) is 19.1 Å². The lowest BCUT2D eigenvalue weighted by Gasteiger charge is -2.56. The van der Waals surface area contributed by atoms with E-state index in [1.54, 1.807) is 0 Å². The third-order valence-corrected chi connectivity index (χ3v) is 5.21. The van der Waals surface area contributed by atoms with Crippen molar-refractivity contribution >= 4 is 17.3 Å². The average Bonchev–Trinajstić information content (AvgIpc) is 2.99. The molecule has 2 fully saturated rings. The van der Waals surface area contributed by atoms with Gasteiger partial charge in [-0.1, -0.05) is 0 Å². The third-order valence-electron chi connectivity index (χ3n) is 5.21. The first-order valence-corrected chi connectivity index (χ1v) is 9.14. The molecular formula is C20H19F2N5O. The number of halogens is 2. The van der Waals surface area contributed by atoms with Crippen molar-refractivity contribution in [3.63, 3.8) is 0 Å². The quantitative estimate of drug-likeness (QED) is 0.746. The molecule has 2 aliphatic heterocycles. The molecule has 3 aromatic rings. The standard InChI is InChI=1S/C20H19F2N5O/c1-13-4-16(9-17(5-13)26-10-20(11-26)2-3-28-20)24-19-23-12-27(25-19)18-7-14(21)6-15(22)8-18/h4-9,12H,2-3,10-11H2,1H3,(H,24,25). The molecule has 5 rings (SSSR count). The molecule has 1 aromatic heterocycles. The van der Waals surface area contributed by atoms with Crippen molar-refractivity contribution in [1.29, 1.82) is 0 Å². The molecule has 3 heterocycles. The summed E-state index contributed by atoms with van der Waals surface area (Å²) in [5.41, 5.74) is 3.43. The summed E-state index contributed by atoms with van der Waals surface area (Å²) >= 11 is 0. The fraction of sp³-hybridized carbons (Fsp3) is 0.300. The zero-order chi connectivity index (χ0) is 19.3. The molecule has 2 aliphatic rings. The van der Waals surface area contributed by atoms with E-state index in [4.69, 9.17) is 4.74 Å². The fourth-order valence-electron chi connectivity index (χ4n) is 3.74. The first-order chi connectivity index (χ1) is 13.5. The predicted molar refractivity (Wildman–Crippen MR) is 101 cm³/mol.